The Hall–Kier alpha value is -3.34. The fourth-order valence-electron chi connectivity index (χ4n) is 2.84. The third-order valence-corrected chi connectivity index (χ3v) is 4.12. The van der Waals surface area contributed by atoms with Crippen molar-refractivity contribution in [2.24, 2.45) is 0 Å². The van der Waals surface area contributed by atoms with Crippen LogP contribution in [0.3, 0.4) is 0 Å². The normalized spacial score (nSPS) is 12.2. The molecule has 4 rings (SSSR count). The third kappa shape index (κ3) is 2.92. The Morgan fingerprint density at radius 3 is 2.64 bits per heavy atom. The smallest absolute Gasteiger partial charge is 0.288 e. The van der Waals surface area contributed by atoms with Crippen molar-refractivity contribution in [1.29, 1.82) is 0 Å². The number of aromatic amines is 1. The monoisotopic (exact) mass is 331 g/mol. The van der Waals surface area contributed by atoms with Gasteiger partial charge in [0, 0.05) is 5.56 Å². The molecule has 2 N–H and O–H groups in total. The number of carbonyl (C=O) groups excluding carboxylic acids is 1. The Kier molecular flexibility index (Phi) is 3.82. The Morgan fingerprint density at radius 1 is 1.08 bits per heavy atom. The van der Waals surface area contributed by atoms with Crippen LogP contribution in [0, 0.1) is 0 Å². The average Bonchev–Trinajstić information content (AvgIpc) is 3.29. The van der Waals surface area contributed by atoms with Crippen LogP contribution < -0.4 is 5.32 Å². The second-order valence-electron chi connectivity index (χ2n) is 5.86. The molecule has 0 radical (unpaired) electrons. The number of hydrogen-bond donors (Lipinski definition) is 2. The minimum absolute atomic E-state index is 0.267. The van der Waals surface area contributed by atoms with E-state index in [9.17, 15) is 4.79 Å². The van der Waals surface area contributed by atoms with E-state index in [1.165, 1.54) is 6.26 Å². The standard InChI is InChI=1S/C20H17N3O2/c1-13(19-22-16-9-5-6-10-17(16)23-19)21-20(24)18-15(11-12-25-18)14-7-3-2-4-8-14/h2-13H,1H3,(H,21,24)(H,22,23)/t13-/m0/s1. The summed E-state index contributed by atoms with van der Waals surface area (Å²) in [4.78, 5) is 20.4. The summed E-state index contributed by atoms with van der Waals surface area (Å²) in [6.07, 6.45) is 1.53. The first-order valence-electron chi connectivity index (χ1n) is 8.11. The number of benzene rings is 2. The van der Waals surface area contributed by atoms with E-state index >= 15 is 0 Å². The average molecular weight is 331 g/mol. The zero-order valence-corrected chi connectivity index (χ0v) is 13.7. The lowest BCUT2D eigenvalue weighted by atomic mass is 10.1. The molecule has 124 valence electrons. The van der Waals surface area contributed by atoms with Crippen molar-refractivity contribution in [3.63, 3.8) is 0 Å². The number of carbonyl (C=O) groups is 1. The number of H-pyrrole nitrogens is 1. The van der Waals surface area contributed by atoms with Gasteiger partial charge in [0.25, 0.3) is 5.91 Å². The number of fused-ring (bicyclic) bond motifs is 1. The fraction of sp³-hybridized carbons (Fsp3) is 0.100. The quantitative estimate of drug-likeness (QED) is 0.585. The highest BCUT2D eigenvalue weighted by atomic mass is 16.3. The summed E-state index contributed by atoms with van der Waals surface area (Å²) in [5.41, 5.74) is 3.54. The van der Waals surface area contributed by atoms with E-state index in [4.69, 9.17) is 4.42 Å². The van der Waals surface area contributed by atoms with Gasteiger partial charge in [-0.25, -0.2) is 4.98 Å². The van der Waals surface area contributed by atoms with Crippen molar-refractivity contribution >= 4 is 16.9 Å². The molecule has 4 aromatic rings. The Bertz CT molecular complexity index is 985. The summed E-state index contributed by atoms with van der Waals surface area (Å²) in [6.45, 7) is 1.89. The van der Waals surface area contributed by atoms with Crippen LogP contribution in [-0.4, -0.2) is 15.9 Å². The number of nitrogens with one attached hydrogen (secondary N) is 2. The van der Waals surface area contributed by atoms with Gasteiger partial charge in [0.05, 0.1) is 23.3 Å². The van der Waals surface area contributed by atoms with Crippen molar-refractivity contribution in [3.05, 3.63) is 78.5 Å². The van der Waals surface area contributed by atoms with Crippen LogP contribution in [0.4, 0.5) is 0 Å². The molecule has 0 aliphatic carbocycles. The molecule has 0 fully saturated rings. The highest BCUT2D eigenvalue weighted by Gasteiger charge is 2.20. The first kappa shape index (κ1) is 15.2. The van der Waals surface area contributed by atoms with Gasteiger partial charge in [0.1, 0.15) is 5.82 Å². The number of hydrogen-bond acceptors (Lipinski definition) is 3. The van der Waals surface area contributed by atoms with E-state index < -0.39 is 0 Å². The second kappa shape index (κ2) is 6.28. The number of aromatic nitrogens is 2. The van der Waals surface area contributed by atoms with Crippen LogP contribution in [0.2, 0.25) is 0 Å². The van der Waals surface area contributed by atoms with E-state index in [-0.39, 0.29) is 11.9 Å². The summed E-state index contributed by atoms with van der Waals surface area (Å²) in [7, 11) is 0. The molecule has 1 atom stereocenters. The van der Waals surface area contributed by atoms with Crippen LogP contribution in [0.5, 0.6) is 0 Å². The Morgan fingerprint density at radius 2 is 1.84 bits per heavy atom. The number of furan rings is 1. The van der Waals surface area contributed by atoms with Crippen LogP contribution in [-0.2, 0) is 0 Å². The highest BCUT2D eigenvalue weighted by Crippen LogP contribution is 2.25. The number of para-hydroxylation sites is 2. The van der Waals surface area contributed by atoms with Gasteiger partial charge < -0.3 is 14.7 Å². The summed E-state index contributed by atoms with van der Waals surface area (Å²) < 4.78 is 5.43. The fourth-order valence-corrected chi connectivity index (χ4v) is 2.84. The first-order valence-corrected chi connectivity index (χ1v) is 8.11. The summed E-state index contributed by atoms with van der Waals surface area (Å²) in [5, 5.41) is 2.94. The lowest BCUT2D eigenvalue weighted by Crippen LogP contribution is -2.27. The SMILES string of the molecule is C[C@H](NC(=O)c1occc1-c1ccccc1)c1nc2ccccc2[nH]1. The summed E-state index contributed by atoms with van der Waals surface area (Å²) in [5.74, 6) is 0.744. The molecule has 0 saturated heterocycles. The van der Waals surface area contributed by atoms with Crippen molar-refractivity contribution in [2.45, 2.75) is 13.0 Å². The molecule has 0 spiro atoms. The molecule has 2 aromatic heterocycles. The summed E-state index contributed by atoms with van der Waals surface area (Å²) in [6, 6.07) is 19.0. The molecule has 2 heterocycles. The lowest BCUT2D eigenvalue weighted by Gasteiger charge is -2.11. The van der Waals surface area contributed by atoms with E-state index in [2.05, 4.69) is 15.3 Å². The first-order chi connectivity index (χ1) is 12.2. The second-order valence-corrected chi connectivity index (χ2v) is 5.86. The molecule has 25 heavy (non-hydrogen) atoms. The zero-order chi connectivity index (χ0) is 17.2. The van der Waals surface area contributed by atoms with Crippen LogP contribution in [0.15, 0.2) is 71.3 Å². The predicted octanol–water partition coefficient (Wildman–Crippen LogP) is 4.31. The van der Waals surface area contributed by atoms with Gasteiger partial charge in [-0.15, -0.1) is 0 Å². The predicted molar refractivity (Wildman–Crippen MR) is 96.1 cm³/mol. The molecule has 0 bridgehead atoms. The number of rotatable bonds is 4. The van der Waals surface area contributed by atoms with Crippen LogP contribution >= 0.6 is 0 Å². The third-order valence-electron chi connectivity index (χ3n) is 4.12. The zero-order valence-electron chi connectivity index (χ0n) is 13.7. The topological polar surface area (TPSA) is 70.9 Å². The van der Waals surface area contributed by atoms with Gasteiger partial charge in [0.2, 0.25) is 0 Å². The largest absolute Gasteiger partial charge is 0.459 e. The van der Waals surface area contributed by atoms with Crippen LogP contribution in [0.25, 0.3) is 22.2 Å². The van der Waals surface area contributed by atoms with Crippen molar-refractivity contribution in [1.82, 2.24) is 15.3 Å². The molecule has 0 aliphatic heterocycles. The molecular weight excluding hydrogens is 314 g/mol. The molecule has 2 aromatic carbocycles. The van der Waals surface area contributed by atoms with Gasteiger partial charge in [0.15, 0.2) is 5.76 Å². The highest BCUT2D eigenvalue weighted by molar-refractivity contribution is 5.98. The van der Waals surface area contributed by atoms with Gasteiger partial charge in [-0.3, -0.25) is 4.79 Å². The maximum absolute atomic E-state index is 12.7. The minimum Gasteiger partial charge on any atom is -0.459 e. The molecule has 5 heteroatoms. The Labute approximate surface area is 144 Å². The van der Waals surface area contributed by atoms with Crippen molar-refractivity contribution in [3.8, 4) is 11.1 Å². The van der Waals surface area contributed by atoms with Gasteiger partial charge in [-0.05, 0) is 30.7 Å². The molecule has 0 unspecified atom stereocenters. The van der Waals surface area contributed by atoms with E-state index in [1.807, 2.05) is 61.5 Å². The Balaban J connectivity index is 1.57. The number of imidazole rings is 1. The molecule has 1 amide bonds. The van der Waals surface area contributed by atoms with Gasteiger partial charge >= 0.3 is 0 Å². The maximum atomic E-state index is 12.7. The van der Waals surface area contributed by atoms with Crippen molar-refractivity contribution in [2.75, 3.05) is 0 Å². The maximum Gasteiger partial charge on any atom is 0.288 e. The van der Waals surface area contributed by atoms with E-state index in [0.717, 1.165) is 22.2 Å². The molecule has 0 aliphatic rings. The molecule has 5 nitrogen and oxygen atoms in total. The number of nitrogens with zero attached hydrogens (tertiary/aromatic N) is 1. The summed E-state index contributed by atoms with van der Waals surface area (Å²) >= 11 is 0. The molecule has 0 saturated carbocycles. The number of amides is 1. The van der Waals surface area contributed by atoms with Gasteiger partial charge in [-0.2, -0.15) is 0 Å². The van der Waals surface area contributed by atoms with Crippen molar-refractivity contribution < 1.29 is 9.21 Å². The van der Waals surface area contributed by atoms with E-state index in [1.54, 1.807) is 6.07 Å². The molecular formula is C20H17N3O2. The van der Waals surface area contributed by atoms with Crippen LogP contribution in [0.1, 0.15) is 29.3 Å². The lowest BCUT2D eigenvalue weighted by molar-refractivity contribution is 0.0911. The van der Waals surface area contributed by atoms with E-state index in [0.29, 0.717) is 11.6 Å². The van der Waals surface area contributed by atoms with Gasteiger partial charge in [-0.1, -0.05) is 42.5 Å². The minimum atomic E-state index is -0.270.